The highest BCUT2D eigenvalue weighted by atomic mass is 32.2. The number of amidine groups is 1. The summed E-state index contributed by atoms with van der Waals surface area (Å²) < 4.78 is 44.1. The van der Waals surface area contributed by atoms with Gasteiger partial charge in [-0.1, -0.05) is 0 Å². The van der Waals surface area contributed by atoms with Gasteiger partial charge in [-0.2, -0.15) is 0 Å². The standard InChI is InChI=1S/C26H36F3N5O3S/c1-24(2)14-18(15-25(3,4)32-24)34(7)23(31)38-22(30)21-19(36)12-17(13-20(21)37-26(27,28)29)16(9-11-35)8-10-33(5)6/h8-13,18,30-32,36H,14-15H2,1-7H3/b10-8-,16-9+,30-22?,31-23?. The highest BCUT2D eigenvalue weighted by Gasteiger charge is 2.40. The Labute approximate surface area is 225 Å². The molecule has 1 saturated heterocycles. The van der Waals surface area contributed by atoms with Gasteiger partial charge >= 0.3 is 6.36 Å². The van der Waals surface area contributed by atoms with Crippen molar-refractivity contribution in [3.63, 3.8) is 0 Å². The van der Waals surface area contributed by atoms with Crippen LogP contribution in [0.1, 0.15) is 51.7 Å². The van der Waals surface area contributed by atoms with E-state index in [1.807, 2.05) is 0 Å². The number of thioether (sulfide) groups is 1. The van der Waals surface area contributed by atoms with Crippen LogP contribution in [0, 0.1) is 10.8 Å². The van der Waals surface area contributed by atoms with Gasteiger partial charge in [0.15, 0.2) is 5.17 Å². The van der Waals surface area contributed by atoms with Gasteiger partial charge in [0.1, 0.15) is 22.8 Å². The Morgan fingerprint density at radius 1 is 1.16 bits per heavy atom. The topological polar surface area (TPSA) is 113 Å². The molecule has 38 heavy (non-hydrogen) atoms. The van der Waals surface area contributed by atoms with E-state index < -0.39 is 28.5 Å². The second-order valence-electron chi connectivity index (χ2n) is 10.8. The number of aromatic hydroxyl groups is 1. The number of hydrogen-bond acceptors (Lipinski definition) is 8. The Morgan fingerprint density at radius 3 is 2.24 bits per heavy atom. The van der Waals surface area contributed by atoms with E-state index in [0.717, 1.165) is 31.1 Å². The van der Waals surface area contributed by atoms with E-state index in [-0.39, 0.29) is 33.4 Å². The Hall–Kier alpha value is -2.99. The molecule has 1 heterocycles. The number of carbonyl (C=O) groups excluding carboxylic acids is 1. The number of benzene rings is 1. The Bertz CT molecular complexity index is 1110. The minimum Gasteiger partial charge on any atom is -0.507 e. The quantitative estimate of drug-likeness (QED) is 0.121. The molecule has 1 aliphatic rings. The van der Waals surface area contributed by atoms with Crippen LogP contribution in [0.25, 0.3) is 5.57 Å². The zero-order valence-corrected chi connectivity index (χ0v) is 23.5. The number of rotatable bonds is 7. The maximum absolute atomic E-state index is 13.3. The molecule has 0 spiro atoms. The summed E-state index contributed by atoms with van der Waals surface area (Å²) in [4.78, 5) is 14.5. The molecule has 0 bridgehead atoms. The summed E-state index contributed by atoms with van der Waals surface area (Å²) in [6, 6.07) is 2.13. The van der Waals surface area contributed by atoms with Crippen LogP contribution in [0.3, 0.4) is 0 Å². The number of phenolic OH excluding ortho intramolecular Hbond substituents is 1. The van der Waals surface area contributed by atoms with Crippen molar-refractivity contribution in [2.45, 2.75) is 64.0 Å². The first-order valence-electron chi connectivity index (χ1n) is 11.8. The van der Waals surface area contributed by atoms with Crippen molar-refractivity contribution in [2.75, 3.05) is 21.1 Å². The smallest absolute Gasteiger partial charge is 0.507 e. The summed E-state index contributed by atoms with van der Waals surface area (Å²) >= 11 is 0.621. The molecule has 210 valence electrons. The third kappa shape index (κ3) is 8.80. The zero-order valence-electron chi connectivity index (χ0n) is 22.7. The predicted octanol–water partition coefficient (Wildman–Crippen LogP) is 5.18. The van der Waals surface area contributed by atoms with Crippen molar-refractivity contribution in [2.24, 2.45) is 0 Å². The van der Waals surface area contributed by atoms with E-state index in [1.54, 1.807) is 37.1 Å². The lowest BCUT2D eigenvalue weighted by Crippen LogP contribution is -2.62. The summed E-state index contributed by atoms with van der Waals surface area (Å²) in [5.41, 5.74) is -0.587. The lowest BCUT2D eigenvalue weighted by atomic mass is 9.79. The van der Waals surface area contributed by atoms with Crippen LogP contribution in [-0.2, 0) is 4.79 Å². The van der Waals surface area contributed by atoms with Crippen molar-refractivity contribution in [3.05, 3.63) is 41.6 Å². The fraction of sp³-hybridized carbons (Fsp3) is 0.500. The van der Waals surface area contributed by atoms with Crippen LogP contribution in [0.15, 0.2) is 30.5 Å². The third-order valence-electron chi connectivity index (χ3n) is 5.90. The maximum atomic E-state index is 13.3. The van der Waals surface area contributed by atoms with Crippen LogP contribution in [0.5, 0.6) is 11.5 Å². The normalized spacial score (nSPS) is 17.8. The van der Waals surface area contributed by atoms with E-state index in [1.165, 1.54) is 6.08 Å². The Balaban J connectivity index is 2.42. The van der Waals surface area contributed by atoms with Gasteiger partial charge in [0.25, 0.3) is 0 Å². The van der Waals surface area contributed by atoms with Crippen LogP contribution in [0.2, 0.25) is 0 Å². The van der Waals surface area contributed by atoms with Crippen LogP contribution in [-0.4, -0.2) is 76.0 Å². The monoisotopic (exact) mass is 555 g/mol. The molecule has 1 fully saturated rings. The number of hydrogen-bond donors (Lipinski definition) is 4. The van der Waals surface area contributed by atoms with Crippen molar-refractivity contribution in [1.29, 1.82) is 10.8 Å². The molecule has 0 aliphatic carbocycles. The SMILES string of the molecule is CN(C)/C=C\C(=C/C=O)c1cc(O)c(C(=N)SC(=N)N(C)C2CC(C)(C)NC(C)(C)C2)c(OC(F)(F)F)c1. The highest BCUT2D eigenvalue weighted by Crippen LogP contribution is 2.39. The van der Waals surface area contributed by atoms with Gasteiger partial charge in [-0.25, -0.2) is 0 Å². The molecule has 1 aliphatic heterocycles. The van der Waals surface area contributed by atoms with Crippen LogP contribution < -0.4 is 10.1 Å². The van der Waals surface area contributed by atoms with E-state index in [0.29, 0.717) is 18.0 Å². The first-order valence-corrected chi connectivity index (χ1v) is 12.7. The molecule has 4 N–H and O–H groups in total. The molecule has 0 unspecified atom stereocenters. The highest BCUT2D eigenvalue weighted by molar-refractivity contribution is 8.26. The zero-order chi connectivity index (χ0) is 29.1. The summed E-state index contributed by atoms with van der Waals surface area (Å²) in [5.74, 6) is -1.45. The molecule has 0 atom stereocenters. The maximum Gasteiger partial charge on any atom is 0.573 e. The summed E-state index contributed by atoms with van der Waals surface area (Å²) in [5, 5.41) is 30.8. The van der Waals surface area contributed by atoms with Gasteiger partial charge in [-0.05, 0) is 93.9 Å². The lowest BCUT2D eigenvalue weighted by Gasteiger charge is -2.49. The number of nitrogens with one attached hydrogen (secondary N) is 3. The summed E-state index contributed by atoms with van der Waals surface area (Å²) in [6.07, 6.45) is 1.03. The average molecular weight is 556 g/mol. The second-order valence-corrected chi connectivity index (χ2v) is 11.8. The second kappa shape index (κ2) is 11.8. The molecule has 0 amide bonds. The Kier molecular flexibility index (Phi) is 9.71. The lowest BCUT2D eigenvalue weighted by molar-refractivity contribution is -0.274. The number of carbonyl (C=O) groups is 1. The van der Waals surface area contributed by atoms with E-state index in [4.69, 9.17) is 10.8 Å². The number of aldehydes is 1. The van der Waals surface area contributed by atoms with E-state index in [2.05, 4.69) is 37.7 Å². The first-order chi connectivity index (χ1) is 17.3. The predicted molar refractivity (Wildman–Crippen MR) is 146 cm³/mol. The third-order valence-corrected chi connectivity index (χ3v) is 6.79. The average Bonchev–Trinajstić information content (AvgIpc) is 2.72. The van der Waals surface area contributed by atoms with Gasteiger partial charge in [-0.3, -0.25) is 15.6 Å². The number of alkyl halides is 3. The van der Waals surface area contributed by atoms with Gasteiger partial charge in [0.05, 0.1) is 5.56 Å². The van der Waals surface area contributed by atoms with Gasteiger partial charge in [-0.15, -0.1) is 13.2 Å². The van der Waals surface area contributed by atoms with Gasteiger partial charge < -0.3 is 25.0 Å². The molecule has 2 rings (SSSR count). The van der Waals surface area contributed by atoms with Crippen LogP contribution in [0.4, 0.5) is 13.2 Å². The molecule has 1 aromatic rings. The molecule has 0 radical (unpaired) electrons. The van der Waals surface area contributed by atoms with Crippen molar-refractivity contribution >= 4 is 33.8 Å². The summed E-state index contributed by atoms with van der Waals surface area (Å²) in [6.45, 7) is 8.26. The van der Waals surface area contributed by atoms with Gasteiger partial charge in [0.2, 0.25) is 0 Å². The molecule has 0 saturated carbocycles. The number of allylic oxidation sites excluding steroid dienone is 3. The number of nitrogens with zero attached hydrogens (tertiary/aromatic N) is 2. The fourth-order valence-electron chi connectivity index (χ4n) is 4.68. The minimum absolute atomic E-state index is 0.0459. The molecule has 8 nitrogen and oxygen atoms in total. The van der Waals surface area contributed by atoms with Crippen molar-refractivity contribution in [1.82, 2.24) is 15.1 Å². The fourth-order valence-corrected chi connectivity index (χ4v) is 5.47. The minimum atomic E-state index is -5.10. The molecule has 1 aromatic carbocycles. The number of piperidine rings is 1. The molecular formula is C26H36F3N5O3S. The molecule has 0 aromatic heterocycles. The summed E-state index contributed by atoms with van der Waals surface area (Å²) in [7, 11) is 5.17. The van der Waals surface area contributed by atoms with Gasteiger partial charge in [0, 0.05) is 38.3 Å². The molecule has 12 heteroatoms. The molecular weight excluding hydrogens is 519 g/mol. The van der Waals surface area contributed by atoms with E-state index in [9.17, 15) is 23.1 Å². The number of ether oxygens (including phenoxy) is 1. The van der Waals surface area contributed by atoms with Crippen LogP contribution >= 0.6 is 11.8 Å². The largest absolute Gasteiger partial charge is 0.573 e. The number of halogens is 3. The number of phenols is 1. The van der Waals surface area contributed by atoms with Crippen molar-refractivity contribution < 1.29 is 27.8 Å². The Morgan fingerprint density at radius 2 is 1.74 bits per heavy atom. The van der Waals surface area contributed by atoms with E-state index >= 15 is 0 Å². The first kappa shape index (κ1) is 31.2. The van der Waals surface area contributed by atoms with Crippen molar-refractivity contribution in [3.8, 4) is 11.5 Å².